The molecule has 0 atom stereocenters. The molecule has 2 N–H and O–H groups in total. The summed E-state index contributed by atoms with van der Waals surface area (Å²) in [7, 11) is 0. The average Bonchev–Trinajstić information content (AvgIpc) is 3.10. The van der Waals surface area contributed by atoms with Crippen molar-refractivity contribution in [1.29, 1.82) is 0 Å². The quantitative estimate of drug-likeness (QED) is 0.221. The second-order valence-corrected chi connectivity index (χ2v) is 9.28. The predicted molar refractivity (Wildman–Crippen MR) is 147 cm³/mol. The predicted octanol–water partition coefficient (Wildman–Crippen LogP) is 6.86. The summed E-state index contributed by atoms with van der Waals surface area (Å²) in [5.41, 5.74) is 1.37. The number of anilines is 3. The monoisotopic (exact) mass is 557 g/mol. The number of unbranched alkanes of at least 4 members (excludes halogenated alkanes) is 1. The zero-order chi connectivity index (χ0) is 26.5. The number of hydrogen-bond donors (Lipinski definition) is 2. The topological polar surface area (TPSA) is 87.7 Å². The largest absolute Gasteiger partial charge is 0.491 e. The van der Waals surface area contributed by atoms with Crippen LogP contribution in [0.3, 0.4) is 0 Å². The van der Waals surface area contributed by atoms with Gasteiger partial charge in [0, 0.05) is 11.3 Å². The summed E-state index contributed by atoms with van der Waals surface area (Å²) in [4.78, 5) is 39.7. The Morgan fingerprint density at radius 1 is 0.919 bits per heavy atom. The van der Waals surface area contributed by atoms with Gasteiger partial charge in [0.1, 0.15) is 16.5 Å². The third-order valence-electron chi connectivity index (χ3n) is 5.47. The van der Waals surface area contributed by atoms with Crippen LogP contribution >= 0.6 is 34.8 Å². The van der Waals surface area contributed by atoms with E-state index in [-0.39, 0.29) is 32.4 Å². The minimum atomic E-state index is -0.707. The fourth-order valence-corrected chi connectivity index (χ4v) is 4.07. The number of rotatable bonds is 9. The zero-order valence-electron chi connectivity index (χ0n) is 19.7. The molecule has 37 heavy (non-hydrogen) atoms. The van der Waals surface area contributed by atoms with Crippen molar-refractivity contribution in [3.05, 3.63) is 93.1 Å². The summed E-state index contributed by atoms with van der Waals surface area (Å²) in [5, 5.41) is 5.91. The molecule has 1 aliphatic heterocycles. The molecule has 190 valence electrons. The van der Waals surface area contributed by atoms with Crippen LogP contribution in [0, 0.1) is 0 Å². The third kappa shape index (κ3) is 5.91. The number of amides is 3. The fraction of sp³-hybridized carbons (Fsp3) is 0.148. The summed E-state index contributed by atoms with van der Waals surface area (Å²) >= 11 is 18.2. The maximum absolute atomic E-state index is 13.1. The van der Waals surface area contributed by atoms with Gasteiger partial charge in [0.05, 0.1) is 28.0 Å². The molecule has 0 radical (unpaired) electrons. The average molecular weight is 559 g/mol. The maximum Gasteiger partial charge on any atom is 0.283 e. The lowest BCUT2D eigenvalue weighted by molar-refractivity contribution is -0.120. The van der Waals surface area contributed by atoms with Crippen LogP contribution < -0.4 is 20.3 Å². The van der Waals surface area contributed by atoms with Gasteiger partial charge in [0.15, 0.2) is 0 Å². The highest BCUT2D eigenvalue weighted by Gasteiger charge is 2.39. The SMILES string of the molecule is CCCCOc1ccccc1NC(=O)c1cccc(NC2=C(Cl)C(=O)N(c3ccc(Cl)c(Cl)c3)C2=O)c1. The Hall–Kier alpha value is -3.52. The maximum atomic E-state index is 13.1. The van der Waals surface area contributed by atoms with Crippen LogP contribution in [0.1, 0.15) is 30.1 Å². The van der Waals surface area contributed by atoms with E-state index < -0.39 is 11.8 Å². The number of carbonyl (C=O) groups excluding carboxylic acids is 3. The van der Waals surface area contributed by atoms with E-state index >= 15 is 0 Å². The first-order valence-corrected chi connectivity index (χ1v) is 12.6. The van der Waals surface area contributed by atoms with Gasteiger partial charge in [-0.15, -0.1) is 0 Å². The van der Waals surface area contributed by atoms with Gasteiger partial charge in [-0.05, 0) is 55.0 Å². The first kappa shape index (κ1) is 26.5. The van der Waals surface area contributed by atoms with Gasteiger partial charge in [-0.3, -0.25) is 14.4 Å². The number of para-hydroxylation sites is 2. The molecular formula is C27H22Cl3N3O4. The lowest BCUT2D eigenvalue weighted by atomic mass is 10.1. The van der Waals surface area contributed by atoms with Crippen LogP contribution in [0.4, 0.5) is 17.1 Å². The molecular weight excluding hydrogens is 537 g/mol. The van der Waals surface area contributed by atoms with Crippen LogP contribution in [-0.2, 0) is 9.59 Å². The van der Waals surface area contributed by atoms with Gasteiger partial charge in [-0.1, -0.05) is 66.3 Å². The van der Waals surface area contributed by atoms with Gasteiger partial charge in [-0.2, -0.15) is 0 Å². The standard InChI is InChI=1S/C27H22Cl3N3O4/c1-2-3-13-37-22-10-5-4-9-21(22)32-25(34)16-7-6-8-17(14-16)31-24-23(30)26(35)33(27(24)36)18-11-12-19(28)20(29)15-18/h4-12,14-15,31H,2-3,13H2,1H3,(H,32,34). The Balaban J connectivity index is 1.51. The smallest absolute Gasteiger partial charge is 0.283 e. The number of hydrogen-bond acceptors (Lipinski definition) is 5. The van der Waals surface area contributed by atoms with Gasteiger partial charge >= 0.3 is 0 Å². The van der Waals surface area contributed by atoms with Gasteiger partial charge < -0.3 is 15.4 Å². The summed E-state index contributed by atoms with van der Waals surface area (Å²) in [5.74, 6) is -1.17. The van der Waals surface area contributed by atoms with Gasteiger partial charge in [0.2, 0.25) is 0 Å². The molecule has 0 bridgehead atoms. The lowest BCUT2D eigenvalue weighted by Gasteiger charge is -2.16. The van der Waals surface area contributed by atoms with Crippen LogP contribution in [0.15, 0.2) is 77.5 Å². The number of imide groups is 1. The molecule has 10 heteroatoms. The highest BCUT2D eigenvalue weighted by Crippen LogP contribution is 2.34. The molecule has 7 nitrogen and oxygen atoms in total. The van der Waals surface area contributed by atoms with E-state index in [0.29, 0.717) is 29.3 Å². The van der Waals surface area contributed by atoms with Crippen molar-refractivity contribution >= 4 is 69.6 Å². The molecule has 1 heterocycles. The van der Waals surface area contributed by atoms with Crippen molar-refractivity contribution in [2.75, 3.05) is 22.1 Å². The van der Waals surface area contributed by atoms with E-state index in [2.05, 4.69) is 17.6 Å². The van der Waals surface area contributed by atoms with E-state index in [4.69, 9.17) is 39.5 Å². The highest BCUT2D eigenvalue weighted by molar-refractivity contribution is 6.53. The van der Waals surface area contributed by atoms with Crippen molar-refractivity contribution in [3.8, 4) is 5.75 Å². The van der Waals surface area contributed by atoms with E-state index in [0.717, 1.165) is 17.7 Å². The molecule has 0 fully saturated rings. The van der Waals surface area contributed by atoms with E-state index in [1.54, 1.807) is 42.5 Å². The molecule has 0 saturated carbocycles. The van der Waals surface area contributed by atoms with Crippen LogP contribution in [0.2, 0.25) is 10.0 Å². The number of nitrogens with zero attached hydrogens (tertiary/aromatic N) is 1. The van der Waals surface area contributed by atoms with Crippen molar-refractivity contribution in [1.82, 2.24) is 0 Å². The van der Waals surface area contributed by atoms with E-state index in [1.807, 2.05) is 6.07 Å². The second-order valence-electron chi connectivity index (χ2n) is 8.09. The molecule has 3 amide bonds. The van der Waals surface area contributed by atoms with Crippen LogP contribution in [0.25, 0.3) is 0 Å². The molecule has 1 aliphatic rings. The Labute approximate surface area is 229 Å². The van der Waals surface area contributed by atoms with Crippen LogP contribution in [0.5, 0.6) is 5.75 Å². The molecule has 3 aromatic rings. The minimum absolute atomic E-state index is 0.120. The fourth-order valence-electron chi connectivity index (χ4n) is 3.57. The summed E-state index contributed by atoms with van der Waals surface area (Å²) in [6.07, 6.45) is 1.90. The van der Waals surface area contributed by atoms with Crippen molar-refractivity contribution in [2.45, 2.75) is 19.8 Å². The molecule has 3 aromatic carbocycles. The zero-order valence-corrected chi connectivity index (χ0v) is 22.0. The number of benzene rings is 3. The molecule has 0 aromatic heterocycles. The molecule has 4 rings (SSSR count). The lowest BCUT2D eigenvalue weighted by Crippen LogP contribution is -2.32. The molecule has 0 spiro atoms. The normalized spacial score (nSPS) is 13.2. The first-order valence-electron chi connectivity index (χ1n) is 11.4. The Kier molecular flexibility index (Phi) is 8.38. The van der Waals surface area contributed by atoms with Crippen molar-refractivity contribution < 1.29 is 19.1 Å². The van der Waals surface area contributed by atoms with E-state index in [9.17, 15) is 14.4 Å². The third-order valence-corrected chi connectivity index (χ3v) is 6.56. The van der Waals surface area contributed by atoms with E-state index in [1.165, 1.54) is 18.2 Å². The second kappa shape index (κ2) is 11.7. The van der Waals surface area contributed by atoms with Crippen molar-refractivity contribution in [3.63, 3.8) is 0 Å². The first-order chi connectivity index (χ1) is 17.8. The Morgan fingerprint density at radius 3 is 2.46 bits per heavy atom. The molecule has 0 aliphatic carbocycles. The number of nitrogens with one attached hydrogen (secondary N) is 2. The molecule has 0 saturated heterocycles. The highest BCUT2D eigenvalue weighted by atomic mass is 35.5. The van der Waals surface area contributed by atoms with Gasteiger partial charge in [-0.25, -0.2) is 4.90 Å². The number of halogens is 3. The number of ether oxygens (including phenoxy) is 1. The molecule has 0 unspecified atom stereocenters. The Bertz CT molecular complexity index is 1410. The van der Waals surface area contributed by atoms with Crippen LogP contribution in [-0.4, -0.2) is 24.3 Å². The summed E-state index contributed by atoms with van der Waals surface area (Å²) in [6, 6.07) is 18.0. The van der Waals surface area contributed by atoms with Gasteiger partial charge in [0.25, 0.3) is 17.7 Å². The minimum Gasteiger partial charge on any atom is -0.491 e. The summed E-state index contributed by atoms with van der Waals surface area (Å²) in [6.45, 7) is 2.62. The number of carbonyl (C=O) groups is 3. The van der Waals surface area contributed by atoms with Crippen molar-refractivity contribution in [2.24, 2.45) is 0 Å². The Morgan fingerprint density at radius 2 is 1.70 bits per heavy atom. The summed E-state index contributed by atoms with van der Waals surface area (Å²) < 4.78 is 5.78.